The van der Waals surface area contributed by atoms with Gasteiger partial charge in [0, 0.05) is 24.5 Å². The third-order valence-electron chi connectivity index (χ3n) is 3.61. The van der Waals surface area contributed by atoms with E-state index in [2.05, 4.69) is 0 Å². The number of amides is 1. The molecule has 0 aliphatic carbocycles. The van der Waals surface area contributed by atoms with E-state index in [0.717, 1.165) is 16.7 Å². The zero-order valence-electron chi connectivity index (χ0n) is 12.5. The Bertz CT molecular complexity index is 610. The number of nitrogens with zero attached hydrogens (tertiary/aromatic N) is 1. The van der Waals surface area contributed by atoms with Crippen LogP contribution in [0.5, 0.6) is 0 Å². The topological polar surface area (TPSA) is 20.3 Å². The van der Waals surface area contributed by atoms with Gasteiger partial charge in [0.05, 0.1) is 0 Å². The summed E-state index contributed by atoms with van der Waals surface area (Å²) in [6.07, 6.45) is 0. The van der Waals surface area contributed by atoms with Crippen molar-refractivity contribution in [3.05, 3.63) is 70.8 Å². The van der Waals surface area contributed by atoms with E-state index in [1.54, 1.807) is 4.90 Å². The molecule has 0 fully saturated rings. The van der Waals surface area contributed by atoms with Crippen molar-refractivity contribution < 1.29 is 4.79 Å². The van der Waals surface area contributed by atoms with Crippen molar-refractivity contribution >= 4 is 17.5 Å². The fourth-order valence-corrected chi connectivity index (χ4v) is 2.42. The number of alkyl halides is 1. The van der Waals surface area contributed by atoms with E-state index in [0.29, 0.717) is 19.0 Å². The normalized spacial score (nSPS) is 10.4. The highest BCUT2D eigenvalue weighted by Crippen LogP contribution is 2.14. The molecule has 0 saturated carbocycles. The lowest BCUT2D eigenvalue weighted by molar-refractivity contribution is 0.0753. The highest BCUT2D eigenvalue weighted by Gasteiger charge is 2.16. The molecule has 2 aromatic carbocycles. The summed E-state index contributed by atoms with van der Waals surface area (Å²) in [4.78, 5) is 14.5. The number of hydrogen-bond acceptors (Lipinski definition) is 1. The number of carbonyl (C=O) groups excluding carboxylic acids is 1. The third-order valence-corrected chi connectivity index (χ3v) is 3.78. The average Bonchev–Trinajstić information content (AvgIpc) is 2.50. The second kappa shape index (κ2) is 7.28. The van der Waals surface area contributed by atoms with Crippen molar-refractivity contribution in [1.82, 2.24) is 4.90 Å². The van der Waals surface area contributed by atoms with Gasteiger partial charge in [-0.25, -0.2) is 0 Å². The van der Waals surface area contributed by atoms with Crippen LogP contribution >= 0.6 is 11.6 Å². The molecule has 0 radical (unpaired) electrons. The van der Waals surface area contributed by atoms with Gasteiger partial charge in [-0.3, -0.25) is 4.79 Å². The molecule has 0 aliphatic heterocycles. The summed E-state index contributed by atoms with van der Waals surface area (Å²) in [6, 6.07) is 15.8. The molecule has 2 aromatic rings. The van der Waals surface area contributed by atoms with Gasteiger partial charge in [-0.15, -0.1) is 11.6 Å². The van der Waals surface area contributed by atoms with Crippen molar-refractivity contribution in [2.24, 2.45) is 0 Å². The maximum Gasteiger partial charge on any atom is 0.254 e. The maximum absolute atomic E-state index is 12.7. The molecule has 21 heavy (non-hydrogen) atoms. The Kier molecular flexibility index (Phi) is 5.40. The highest BCUT2D eigenvalue weighted by molar-refractivity contribution is 6.18. The van der Waals surface area contributed by atoms with Crippen LogP contribution in [-0.4, -0.2) is 23.2 Å². The number of halogens is 1. The SMILES string of the molecule is Cc1ccc(C(=O)N(CCCl)Cc2ccccc2)cc1C. The summed E-state index contributed by atoms with van der Waals surface area (Å²) in [5.74, 6) is 0.464. The number of hydrogen-bond donors (Lipinski definition) is 0. The summed E-state index contributed by atoms with van der Waals surface area (Å²) in [5, 5.41) is 0. The molecule has 0 unspecified atom stereocenters. The molecule has 0 aromatic heterocycles. The van der Waals surface area contributed by atoms with E-state index in [1.165, 1.54) is 5.56 Å². The lowest BCUT2D eigenvalue weighted by Gasteiger charge is -2.22. The fourth-order valence-electron chi connectivity index (χ4n) is 2.22. The van der Waals surface area contributed by atoms with Crippen LogP contribution in [0.1, 0.15) is 27.0 Å². The van der Waals surface area contributed by atoms with Crippen molar-refractivity contribution in [3.63, 3.8) is 0 Å². The van der Waals surface area contributed by atoms with Crippen LogP contribution in [0.4, 0.5) is 0 Å². The monoisotopic (exact) mass is 301 g/mol. The largest absolute Gasteiger partial charge is 0.333 e. The van der Waals surface area contributed by atoms with Gasteiger partial charge in [0.15, 0.2) is 0 Å². The minimum Gasteiger partial charge on any atom is -0.333 e. The van der Waals surface area contributed by atoms with Crippen LogP contribution in [-0.2, 0) is 6.54 Å². The lowest BCUT2D eigenvalue weighted by atomic mass is 10.1. The van der Waals surface area contributed by atoms with E-state index in [4.69, 9.17) is 11.6 Å². The van der Waals surface area contributed by atoms with Gasteiger partial charge in [0.2, 0.25) is 0 Å². The van der Waals surface area contributed by atoms with Crippen LogP contribution in [0.3, 0.4) is 0 Å². The van der Waals surface area contributed by atoms with Crippen LogP contribution in [0.15, 0.2) is 48.5 Å². The van der Waals surface area contributed by atoms with Gasteiger partial charge in [-0.1, -0.05) is 36.4 Å². The Morgan fingerprint density at radius 3 is 2.38 bits per heavy atom. The van der Waals surface area contributed by atoms with E-state index < -0.39 is 0 Å². The first-order chi connectivity index (χ1) is 10.1. The zero-order valence-corrected chi connectivity index (χ0v) is 13.2. The Balaban J connectivity index is 2.20. The summed E-state index contributed by atoms with van der Waals surface area (Å²) in [6.45, 7) is 5.20. The second-order valence-corrected chi connectivity index (χ2v) is 5.58. The predicted octanol–water partition coefficient (Wildman–Crippen LogP) is 4.18. The molecule has 0 atom stereocenters. The Labute approximate surface area is 131 Å². The highest BCUT2D eigenvalue weighted by atomic mass is 35.5. The Morgan fingerprint density at radius 2 is 1.76 bits per heavy atom. The van der Waals surface area contributed by atoms with Crippen molar-refractivity contribution in [1.29, 1.82) is 0 Å². The average molecular weight is 302 g/mol. The number of rotatable bonds is 5. The molecule has 0 saturated heterocycles. The predicted molar refractivity (Wildman–Crippen MR) is 87.8 cm³/mol. The van der Waals surface area contributed by atoms with Crippen LogP contribution in [0.25, 0.3) is 0 Å². The molecule has 0 N–H and O–H groups in total. The first kappa shape index (κ1) is 15.6. The Morgan fingerprint density at radius 1 is 1.05 bits per heavy atom. The second-order valence-electron chi connectivity index (χ2n) is 5.20. The summed E-state index contributed by atoms with van der Waals surface area (Å²) in [5.41, 5.74) is 4.16. The summed E-state index contributed by atoms with van der Waals surface area (Å²) >= 11 is 5.86. The molecule has 0 spiro atoms. The standard InChI is InChI=1S/C18H20ClNO/c1-14-8-9-17(12-15(14)2)18(21)20(11-10-19)13-16-6-4-3-5-7-16/h3-9,12H,10-11,13H2,1-2H3. The van der Waals surface area contributed by atoms with Crippen LogP contribution in [0.2, 0.25) is 0 Å². The van der Waals surface area contributed by atoms with Crippen LogP contribution in [0, 0.1) is 13.8 Å². The molecule has 1 amide bonds. The Hall–Kier alpha value is -1.80. The van der Waals surface area contributed by atoms with Crippen molar-refractivity contribution in [3.8, 4) is 0 Å². The number of carbonyl (C=O) groups is 1. The fraction of sp³-hybridized carbons (Fsp3) is 0.278. The van der Waals surface area contributed by atoms with Gasteiger partial charge in [0.25, 0.3) is 5.91 Å². The minimum atomic E-state index is 0.0302. The van der Waals surface area contributed by atoms with Crippen molar-refractivity contribution in [2.75, 3.05) is 12.4 Å². The molecule has 2 nitrogen and oxygen atoms in total. The van der Waals surface area contributed by atoms with Gasteiger partial charge in [-0.05, 0) is 42.7 Å². The first-order valence-corrected chi connectivity index (χ1v) is 7.61. The van der Waals surface area contributed by atoms with E-state index in [1.807, 2.05) is 62.4 Å². The van der Waals surface area contributed by atoms with Crippen molar-refractivity contribution in [2.45, 2.75) is 20.4 Å². The van der Waals surface area contributed by atoms with E-state index in [-0.39, 0.29) is 5.91 Å². The molecule has 3 heteroatoms. The quantitative estimate of drug-likeness (QED) is 0.759. The smallest absolute Gasteiger partial charge is 0.254 e. The van der Waals surface area contributed by atoms with Gasteiger partial charge >= 0.3 is 0 Å². The van der Waals surface area contributed by atoms with Gasteiger partial charge in [-0.2, -0.15) is 0 Å². The molecular formula is C18H20ClNO. The number of aryl methyl sites for hydroxylation is 2. The summed E-state index contributed by atoms with van der Waals surface area (Å²) in [7, 11) is 0. The molecule has 0 bridgehead atoms. The minimum absolute atomic E-state index is 0.0302. The maximum atomic E-state index is 12.7. The van der Waals surface area contributed by atoms with Gasteiger partial charge in [0.1, 0.15) is 0 Å². The molecular weight excluding hydrogens is 282 g/mol. The van der Waals surface area contributed by atoms with Crippen LogP contribution < -0.4 is 0 Å². The van der Waals surface area contributed by atoms with E-state index in [9.17, 15) is 4.79 Å². The molecule has 0 aliphatic rings. The number of benzene rings is 2. The molecule has 2 rings (SSSR count). The third kappa shape index (κ3) is 4.08. The first-order valence-electron chi connectivity index (χ1n) is 7.08. The molecule has 110 valence electrons. The van der Waals surface area contributed by atoms with Gasteiger partial charge < -0.3 is 4.90 Å². The summed E-state index contributed by atoms with van der Waals surface area (Å²) < 4.78 is 0. The van der Waals surface area contributed by atoms with E-state index >= 15 is 0 Å². The molecule has 0 heterocycles. The zero-order chi connectivity index (χ0) is 15.2. The lowest BCUT2D eigenvalue weighted by Crippen LogP contribution is -2.32.